The van der Waals surface area contributed by atoms with Crippen LogP contribution in [0, 0.1) is 5.92 Å². The molecule has 34 heavy (non-hydrogen) atoms. The summed E-state index contributed by atoms with van der Waals surface area (Å²) < 4.78 is 13.5. The number of pyridine rings is 2. The first kappa shape index (κ1) is 22.7. The molecule has 1 fully saturated rings. The summed E-state index contributed by atoms with van der Waals surface area (Å²) in [4.78, 5) is 15.4. The van der Waals surface area contributed by atoms with Gasteiger partial charge in [0.15, 0.2) is 11.4 Å². The Hall–Kier alpha value is -3.13. The number of rotatable bonds is 8. The summed E-state index contributed by atoms with van der Waals surface area (Å²) in [5.41, 5.74) is 5.82. The predicted molar refractivity (Wildman–Crippen MR) is 134 cm³/mol. The Labute approximate surface area is 200 Å². The first-order valence-electron chi connectivity index (χ1n) is 12.3. The molecule has 8 heteroatoms. The van der Waals surface area contributed by atoms with Gasteiger partial charge in [-0.1, -0.05) is 20.8 Å². The molecular formula is C26H34N6O2. The lowest BCUT2D eigenvalue weighted by molar-refractivity contribution is 0.139. The van der Waals surface area contributed by atoms with Crippen LogP contribution >= 0.6 is 0 Å². The van der Waals surface area contributed by atoms with E-state index >= 15 is 0 Å². The number of fused-ring (bicyclic) bond motifs is 2. The van der Waals surface area contributed by atoms with E-state index < -0.39 is 0 Å². The van der Waals surface area contributed by atoms with Crippen LogP contribution < -0.4 is 9.47 Å². The molecule has 0 saturated carbocycles. The van der Waals surface area contributed by atoms with E-state index in [9.17, 15) is 0 Å². The first-order valence-corrected chi connectivity index (χ1v) is 12.3. The fraction of sp³-hybridized carbons (Fsp3) is 0.500. The lowest BCUT2D eigenvalue weighted by Gasteiger charge is -2.31. The summed E-state index contributed by atoms with van der Waals surface area (Å²) in [6.07, 6.45) is 7.13. The Balaban J connectivity index is 1.42. The molecule has 0 amide bonds. The van der Waals surface area contributed by atoms with E-state index in [0.29, 0.717) is 23.2 Å². The Morgan fingerprint density at radius 1 is 1.21 bits per heavy atom. The highest BCUT2D eigenvalue weighted by Gasteiger charge is 2.22. The number of aromatic amines is 1. The Kier molecular flexibility index (Phi) is 6.41. The molecule has 4 aromatic rings. The number of aromatic nitrogens is 5. The summed E-state index contributed by atoms with van der Waals surface area (Å²) >= 11 is 0. The van der Waals surface area contributed by atoms with Gasteiger partial charge in [0, 0.05) is 23.4 Å². The number of piperidine rings is 1. The molecule has 1 saturated heterocycles. The van der Waals surface area contributed by atoms with Crippen molar-refractivity contribution in [2.75, 3.05) is 33.4 Å². The van der Waals surface area contributed by atoms with Gasteiger partial charge in [0.2, 0.25) is 5.88 Å². The zero-order valence-electron chi connectivity index (χ0n) is 20.5. The normalized spacial score (nSPS) is 15.6. The van der Waals surface area contributed by atoms with Crippen LogP contribution in [0.3, 0.4) is 0 Å². The molecule has 1 aliphatic rings. The molecule has 0 bridgehead atoms. The topological polar surface area (TPSA) is 80.6 Å². The van der Waals surface area contributed by atoms with Gasteiger partial charge in [-0.25, -0.2) is 14.5 Å². The molecule has 5 rings (SSSR count). The van der Waals surface area contributed by atoms with Crippen molar-refractivity contribution in [3.05, 3.63) is 36.3 Å². The van der Waals surface area contributed by atoms with Crippen molar-refractivity contribution in [1.82, 2.24) is 29.5 Å². The molecule has 180 valence electrons. The number of nitrogens with zero attached hydrogens (tertiary/aromatic N) is 5. The highest BCUT2D eigenvalue weighted by atomic mass is 16.5. The molecular weight excluding hydrogens is 428 g/mol. The zero-order chi connectivity index (χ0) is 23.7. The quantitative estimate of drug-likeness (QED) is 0.401. The van der Waals surface area contributed by atoms with Crippen LogP contribution in [0.2, 0.25) is 0 Å². The van der Waals surface area contributed by atoms with Crippen molar-refractivity contribution in [2.45, 2.75) is 46.0 Å². The maximum Gasteiger partial charge on any atom is 0.213 e. The second-order valence-corrected chi connectivity index (χ2v) is 9.54. The van der Waals surface area contributed by atoms with E-state index in [4.69, 9.17) is 14.5 Å². The van der Waals surface area contributed by atoms with Crippen LogP contribution in [0.25, 0.3) is 27.9 Å². The summed E-state index contributed by atoms with van der Waals surface area (Å²) in [5, 5.41) is 4.31. The van der Waals surface area contributed by atoms with Crippen molar-refractivity contribution in [2.24, 2.45) is 5.92 Å². The van der Waals surface area contributed by atoms with Crippen LogP contribution in [0.4, 0.5) is 0 Å². The van der Waals surface area contributed by atoms with E-state index in [1.807, 2.05) is 18.3 Å². The Morgan fingerprint density at radius 3 is 2.76 bits per heavy atom. The molecule has 0 aliphatic carbocycles. The molecule has 0 aromatic carbocycles. The summed E-state index contributed by atoms with van der Waals surface area (Å²) in [6, 6.07) is 6.05. The average molecular weight is 463 g/mol. The van der Waals surface area contributed by atoms with Gasteiger partial charge < -0.3 is 19.4 Å². The molecule has 1 N–H and O–H groups in total. The van der Waals surface area contributed by atoms with E-state index in [1.165, 1.54) is 45.2 Å². The van der Waals surface area contributed by atoms with Crippen LogP contribution in [-0.2, 0) is 0 Å². The lowest BCUT2D eigenvalue weighted by Crippen LogP contribution is -2.35. The molecule has 0 unspecified atom stereocenters. The minimum Gasteiger partial charge on any atom is -0.493 e. The van der Waals surface area contributed by atoms with Crippen molar-refractivity contribution in [3.63, 3.8) is 0 Å². The first-order chi connectivity index (χ1) is 16.6. The van der Waals surface area contributed by atoms with Gasteiger partial charge in [0.25, 0.3) is 0 Å². The minimum absolute atomic E-state index is 0.270. The van der Waals surface area contributed by atoms with Crippen LogP contribution in [0.1, 0.15) is 51.5 Å². The molecule has 0 radical (unpaired) electrons. The number of ether oxygens (including phenoxy) is 2. The fourth-order valence-electron chi connectivity index (χ4n) is 5.02. The highest BCUT2D eigenvalue weighted by Crippen LogP contribution is 2.37. The number of methoxy groups -OCH3 is 1. The van der Waals surface area contributed by atoms with Crippen LogP contribution in [-0.4, -0.2) is 62.8 Å². The maximum absolute atomic E-state index is 6.20. The van der Waals surface area contributed by atoms with Gasteiger partial charge in [0.1, 0.15) is 6.33 Å². The number of H-pyrrole nitrogens is 1. The van der Waals surface area contributed by atoms with Gasteiger partial charge >= 0.3 is 0 Å². The van der Waals surface area contributed by atoms with Crippen LogP contribution in [0.15, 0.2) is 30.7 Å². The third kappa shape index (κ3) is 4.34. The summed E-state index contributed by atoms with van der Waals surface area (Å²) in [7, 11) is 1.65. The van der Waals surface area contributed by atoms with Crippen LogP contribution in [0.5, 0.6) is 11.6 Å². The summed E-state index contributed by atoms with van der Waals surface area (Å²) in [5.74, 6) is 2.25. The number of hydrogen-bond acceptors (Lipinski definition) is 6. The largest absolute Gasteiger partial charge is 0.493 e. The molecule has 0 atom stereocenters. The SMILES string of the molecule is CCCN1CCC(COc2ccc3[nH]c(-c4cc(OC)c5ncnn5c4)c(C(C)C)c3n2)CC1. The van der Waals surface area contributed by atoms with E-state index in [2.05, 4.69) is 46.8 Å². The Morgan fingerprint density at radius 2 is 2.03 bits per heavy atom. The molecule has 5 heterocycles. The monoisotopic (exact) mass is 462 g/mol. The van der Waals surface area contributed by atoms with Gasteiger partial charge in [-0.2, -0.15) is 5.10 Å². The van der Waals surface area contributed by atoms with Gasteiger partial charge in [-0.05, 0) is 62.9 Å². The zero-order valence-corrected chi connectivity index (χ0v) is 20.5. The van der Waals surface area contributed by atoms with Crippen molar-refractivity contribution in [3.8, 4) is 22.9 Å². The van der Waals surface area contributed by atoms with Gasteiger partial charge in [-0.15, -0.1) is 0 Å². The van der Waals surface area contributed by atoms with Crippen molar-refractivity contribution in [1.29, 1.82) is 0 Å². The lowest BCUT2D eigenvalue weighted by atomic mass is 9.98. The minimum atomic E-state index is 0.270. The van der Waals surface area contributed by atoms with Gasteiger partial charge in [0.05, 0.1) is 30.4 Å². The molecule has 4 aromatic heterocycles. The van der Waals surface area contributed by atoms with Crippen molar-refractivity contribution < 1.29 is 9.47 Å². The standard InChI is InChI=1S/C26H34N6O2/c1-5-10-31-11-8-18(9-12-31)15-34-22-7-6-20-25(30-22)23(17(2)3)24(29-20)19-13-21(33-4)26-27-16-28-32(26)14-19/h6-7,13-14,16-18,29H,5,8-12,15H2,1-4H3. The Bertz CT molecular complexity index is 1270. The van der Waals surface area contributed by atoms with E-state index in [1.54, 1.807) is 11.6 Å². The van der Waals surface area contributed by atoms with E-state index in [-0.39, 0.29) is 5.92 Å². The van der Waals surface area contributed by atoms with E-state index in [0.717, 1.165) is 34.5 Å². The predicted octanol–water partition coefficient (Wildman–Crippen LogP) is 4.91. The number of hydrogen-bond donors (Lipinski definition) is 1. The molecule has 8 nitrogen and oxygen atoms in total. The van der Waals surface area contributed by atoms with Gasteiger partial charge in [-0.3, -0.25) is 0 Å². The third-order valence-corrected chi connectivity index (χ3v) is 6.80. The number of nitrogens with one attached hydrogen (secondary N) is 1. The maximum atomic E-state index is 6.20. The smallest absolute Gasteiger partial charge is 0.213 e. The second-order valence-electron chi connectivity index (χ2n) is 9.54. The second kappa shape index (κ2) is 9.62. The highest BCUT2D eigenvalue weighted by molar-refractivity contribution is 5.89. The van der Waals surface area contributed by atoms with Crippen molar-refractivity contribution >= 4 is 16.7 Å². The number of likely N-dealkylation sites (tertiary alicyclic amines) is 1. The third-order valence-electron chi connectivity index (χ3n) is 6.80. The molecule has 0 spiro atoms. The molecule has 1 aliphatic heterocycles. The average Bonchev–Trinajstić information content (AvgIpc) is 3.47. The fourth-order valence-corrected chi connectivity index (χ4v) is 5.02. The summed E-state index contributed by atoms with van der Waals surface area (Å²) in [6.45, 7) is 10.9.